The molecular formula is C16H21N3O. The smallest absolute Gasteiger partial charge is 0.118 e. The third kappa shape index (κ3) is 4.57. The molecule has 106 valence electrons. The molecule has 1 aromatic carbocycles. The van der Waals surface area contributed by atoms with Gasteiger partial charge in [0.05, 0.1) is 25.2 Å². The Hall–Kier alpha value is -2.04. The second-order valence-electron chi connectivity index (χ2n) is 4.91. The van der Waals surface area contributed by atoms with E-state index in [2.05, 4.69) is 24.0 Å². The lowest BCUT2D eigenvalue weighted by Crippen LogP contribution is -2.28. The third-order valence-electron chi connectivity index (χ3n) is 3.55. The predicted octanol–water partition coefficient (Wildman–Crippen LogP) is 3.13. The highest BCUT2D eigenvalue weighted by molar-refractivity contribution is 5.28. The normalized spacial score (nSPS) is 13.3. The SMILES string of the molecule is COc1ccc(C(C)N(C)CC(C#N)CCC#N)cc1. The molecule has 0 saturated heterocycles. The molecule has 0 N–H and O–H groups in total. The number of methoxy groups -OCH3 is 1. The molecule has 1 rings (SSSR count). The van der Waals surface area contributed by atoms with Crippen molar-refractivity contribution in [3.05, 3.63) is 29.8 Å². The molecule has 0 amide bonds. The van der Waals surface area contributed by atoms with Gasteiger partial charge in [0.15, 0.2) is 0 Å². The maximum Gasteiger partial charge on any atom is 0.118 e. The van der Waals surface area contributed by atoms with Crippen LogP contribution in [0.4, 0.5) is 0 Å². The highest BCUT2D eigenvalue weighted by Gasteiger charge is 2.16. The van der Waals surface area contributed by atoms with Crippen molar-refractivity contribution in [1.82, 2.24) is 4.90 Å². The van der Waals surface area contributed by atoms with Crippen molar-refractivity contribution in [2.24, 2.45) is 5.92 Å². The Morgan fingerprint density at radius 3 is 2.40 bits per heavy atom. The maximum absolute atomic E-state index is 9.12. The van der Waals surface area contributed by atoms with Gasteiger partial charge in [0.2, 0.25) is 0 Å². The highest BCUT2D eigenvalue weighted by atomic mass is 16.5. The molecule has 0 heterocycles. The molecule has 0 saturated carbocycles. The van der Waals surface area contributed by atoms with Crippen molar-refractivity contribution in [2.45, 2.75) is 25.8 Å². The van der Waals surface area contributed by atoms with Gasteiger partial charge in [0.1, 0.15) is 5.75 Å². The van der Waals surface area contributed by atoms with Gasteiger partial charge >= 0.3 is 0 Å². The molecule has 0 aromatic heterocycles. The molecule has 0 aliphatic rings. The molecule has 0 bridgehead atoms. The highest BCUT2D eigenvalue weighted by Crippen LogP contribution is 2.22. The third-order valence-corrected chi connectivity index (χ3v) is 3.55. The standard InChI is InChI=1S/C16H21N3O/c1-13(15-6-8-16(20-3)9-7-15)19(2)12-14(11-18)5-4-10-17/h6-9,13-14H,4-5,12H2,1-3H3. The first-order valence-corrected chi connectivity index (χ1v) is 6.73. The van der Waals surface area contributed by atoms with Crippen LogP contribution < -0.4 is 4.74 Å². The van der Waals surface area contributed by atoms with Crippen molar-refractivity contribution >= 4 is 0 Å². The zero-order valence-electron chi connectivity index (χ0n) is 12.3. The summed E-state index contributed by atoms with van der Waals surface area (Å²) in [7, 11) is 3.66. The van der Waals surface area contributed by atoms with E-state index in [1.165, 1.54) is 5.56 Å². The summed E-state index contributed by atoms with van der Waals surface area (Å²) in [5, 5.41) is 17.7. The van der Waals surface area contributed by atoms with E-state index in [-0.39, 0.29) is 12.0 Å². The molecule has 0 aliphatic heterocycles. The van der Waals surface area contributed by atoms with Crippen LogP contribution >= 0.6 is 0 Å². The number of hydrogen-bond donors (Lipinski definition) is 0. The number of ether oxygens (including phenoxy) is 1. The van der Waals surface area contributed by atoms with Crippen LogP contribution in [-0.2, 0) is 0 Å². The van der Waals surface area contributed by atoms with Crippen molar-refractivity contribution in [3.63, 3.8) is 0 Å². The quantitative estimate of drug-likeness (QED) is 0.764. The fourth-order valence-electron chi connectivity index (χ4n) is 2.08. The molecule has 0 spiro atoms. The van der Waals surface area contributed by atoms with Crippen molar-refractivity contribution in [1.29, 1.82) is 10.5 Å². The first kappa shape index (κ1) is 16.0. The molecule has 1 aromatic rings. The lowest BCUT2D eigenvalue weighted by Gasteiger charge is -2.26. The number of nitriles is 2. The van der Waals surface area contributed by atoms with Gasteiger partial charge in [-0.25, -0.2) is 0 Å². The van der Waals surface area contributed by atoms with Gasteiger partial charge in [-0.1, -0.05) is 12.1 Å². The largest absolute Gasteiger partial charge is 0.497 e. The van der Waals surface area contributed by atoms with Gasteiger partial charge in [0, 0.05) is 19.0 Å². The van der Waals surface area contributed by atoms with Gasteiger partial charge in [-0.05, 0) is 38.1 Å². The Balaban J connectivity index is 2.63. The monoisotopic (exact) mass is 271 g/mol. The summed E-state index contributed by atoms with van der Waals surface area (Å²) >= 11 is 0. The zero-order valence-corrected chi connectivity index (χ0v) is 12.3. The van der Waals surface area contributed by atoms with E-state index in [4.69, 9.17) is 15.3 Å². The zero-order chi connectivity index (χ0) is 15.0. The molecular weight excluding hydrogens is 250 g/mol. The lowest BCUT2D eigenvalue weighted by molar-refractivity contribution is 0.235. The first-order valence-electron chi connectivity index (χ1n) is 6.73. The Labute approximate surface area is 121 Å². The van der Waals surface area contributed by atoms with E-state index in [9.17, 15) is 0 Å². The molecule has 0 aliphatic carbocycles. The summed E-state index contributed by atoms with van der Waals surface area (Å²) in [5.41, 5.74) is 1.19. The van der Waals surface area contributed by atoms with E-state index in [1.54, 1.807) is 7.11 Å². The van der Waals surface area contributed by atoms with Gasteiger partial charge in [-0.15, -0.1) is 0 Å². The summed E-state index contributed by atoms with van der Waals surface area (Å²) in [6.45, 7) is 2.78. The van der Waals surface area contributed by atoms with Crippen molar-refractivity contribution < 1.29 is 4.74 Å². The van der Waals surface area contributed by atoms with Crippen LogP contribution in [0.2, 0.25) is 0 Å². The van der Waals surface area contributed by atoms with E-state index in [0.717, 1.165) is 5.75 Å². The molecule has 4 nitrogen and oxygen atoms in total. The molecule has 2 unspecified atom stereocenters. The number of benzene rings is 1. The lowest BCUT2D eigenvalue weighted by atomic mass is 10.0. The fourth-order valence-corrected chi connectivity index (χ4v) is 2.08. The molecule has 0 fully saturated rings. The van der Waals surface area contributed by atoms with Gasteiger partial charge in [0.25, 0.3) is 0 Å². The summed E-state index contributed by atoms with van der Waals surface area (Å²) in [6.07, 6.45) is 1.07. The second-order valence-corrected chi connectivity index (χ2v) is 4.91. The number of rotatable bonds is 7. The van der Waals surface area contributed by atoms with Gasteiger partial charge < -0.3 is 4.74 Å². The average molecular weight is 271 g/mol. The molecule has 4 heteroatoms. The molecule has 20 heavy (non-hydrogen) atoms. The summed E-state index contributed by atoms with van der Waals surface area (Å²) in [6, 6.07) is 12.6. The van der Waals surface area contributed by atoms with Crippen molar-refractivity contribution in [3.8, 4) is 17.9 Å². The minimum Gasteiger partial charge on any atom is -0.497 e. The first-order chi connectivity index (χ1) is 9.62. The van der Waals surface area contributed by atoms with Crippen LogP contribution in [0.3, 0.4) is 0 Å². The van der Waals surface area contributed by atoms with Gasteiger partial charge in [-0.3, -0.25) is 4.90 Å². The molecule has 2 atom stereocenters. The fraction of sp³-hybridized carbons (Fsp3) is 0.500. The van der Waals surface area contributed by atoms with Crippen LogP contribution in [0.5, 0.6) is 5.75 Å². The van der Waals surface area contributed by atoms with Gasteiger partial charge in [-0.2, -0.15) is 10.5 Å². The van der Waals surface area contributed by atoms with Crippen molar-refractivity contribution in [2.75, 3.05) is 20.7 Å². The maximum atomic E-state index is 9.12. The van der Waals surface area contributed by atoms with Crippen LogP contribution in [0.25, 0.3) is 0 Å². The minimum absolute atomic E-state index is 0.0969. The summed E-state index contributed by atoms with van der Waals surface area (Å²) in [5.74, 6) is 0.743. The average Bonchev–Trinajstić information content (AvgIpc) is 2.50. The Bertz CT molecular complexity index is 484. The second kappa shape index (κ2) is 8.19. The Morgan fingerprint density at radius 2 is 1.90 bits per heavy atom. The Kier molecular flexibility index (Phi) is 6.56. The molecule has 0 radical (unpaired) electrons. The van der Waals surface area contributed by atoms with E-state index >= 15 is 0 Å². The summed E-state index contributed by atoms with van der Waals surface area (Å²) < 4.78 is 5.15. The van der Waals surface area contributed by atoms with E-state index < -0.39 is 0 Å². The van der Waals surface area contributed by atoms with Crippen LogP contribution in [-0.4, -0.2) is 25.6 Å². The topological polar surface area (TPSA) is 60.0 Å². The number of nitrogens with zero attached hydrogens (tertiary/aromatic N) is 3. The predicted molar refractivity (Wildman–Crippen MR) is 78.0 cm³/mol. The summed E-state index contributed by atoms with van der Waals surface area (Å²) in [4.78, 5) is 2.15. The minimum atomic E-state index is -0.0969. The van der Waals surface area contributed by atoms with Crippen LogP contribution in [0, 0.1) is 28.6 Å². The van der Waals surface area contributed by atoms with E-state index in [0.29, 0.717) is 19.4 Å². The van der Waals surface area contributed by atoms with Crippen LogP contribution in [0.15, 0.2) is 24.3 Å². The van der Waals surface area contributed by atoms with Crippen LogP contribution in [0.1, 0.15) is 31.4 Å². The van der Waals surface area contributed by atoms with E-state index in [1.807, 2.05) is 31.3 Å². The number of hydrogen-bond acceptors (Lipinski definition) is 4. The Morgan fingerprint density at radius 1 is 1.25 bits per heavy atom.